The molecule has 0 atom stereocenters. The lowest BCUT2D eigenvalue weighted by Gasteiger charge is -2.25. The van der Waals surface area contributed by atoms with Gasteiger partial charge in [0.15, 0.2) is 0 Å². The number of hydrogen-bond acceptors (Lipinski definition) is 5. The molecular formula is C11H9N3O4S. The number of amides is 2. The molecule has 1 saturated heterocycles. The average Bonchev–Trinajstić information content (AvgIpc) is 2.37. The number of nitriles is 1. The van der Waals surface area contributed by atoms with Gasteiger partial charge in [0.1, 0.15) is 6.07 Å². The van der Waals surface area contributed by atoms with Crippen LogP contribution in [0.5, 0.6) is 0 Å². The molecule has 8 heteroatoms. The average molecular weight is 279 g/mol. The summed E-state index contributed by atoms with van der Waals surface area (Å²) in [6, 6.07) is 7.41. The van der Waals surface area contributed by atoms with Gasteiger partial charge in [0.2, 0.25) is 21.8 Å². The zero-order valence-corrected chi connectivity index (χ0v) is 10.5. The number of hydrogen-bond donors (Lipinski definition) is 1. The van der Waals surface area contributed by atoms with Crippen LogP contribution in [0.3, 0.4) is 0 Å². The van der Waals surface area contributed by atoms with Gasteiger partial charge in [-0.1, -0.05) is 12.1 Å². The van der Waals surface area contributed by atoms with Gasteiger partial charge in [-0.2, -0.15) is 9.57 Å². The van der Waals surface area contributed by atoms with E-state index in [9.17, 15) is 18.0 Å². The van der Waals surface area contributed by atoms with E-state index < -0.39 is 34.9 Å². The van der Waals surface area contributed by atoms with Gasteiger partial charge < -0.3 is 0 Å². The van der Waals surface area contributed by atoms with Crippen LogP contribution < -0.4 is 5.32 Å². The van der Waals surface area contributed by atoms with E-state index in [0.29, 0.717) is 0 Å². The minimum Gasteiger partial charge on any atom is -0.294 e. The van der Waals surface area contributed by atoms with Gasteiger partial charge in [0, 0.05) is 0 Å². The largest absolute Gasteiger partial charge is 0.294 e. The molecule has 7 nitrogen and oxygen atoms in total. The molecule has 0 spiro atoms. The van der Waals surface area contributed by atoms with E-state index in [4.69, 9.17) is 5.26 Å². The smallest absolute Gasteiger partial charge is 0.245 e. The summed E-state index contributed by atoms with van der Waals surface area (Å²) in [4.78, 5) is 22.2. The number of carbonyl (C=O) groups excluding carboxylic acids is 2. The van der Waals surface area contributed by atoms with Crippen molar-refractivity contribution in [3.8, 4) is 6.07 Å². The lowest BCUT2D eigenvalue weighted by atomic mass is 10.2. The molecule has 0 bridgehead atoms. The first-order chi connectivity index (χ1) is 8.95. The number of piperazine rings is 1. The first-order valence-electron chi connectivity index (χ1n) is 5.27. The summed E-state index contributed by atoms with van der Waals surface area (Å²) < 4.78 is 25.4. The number of imide groups is 1. The van der Waals surface area contributed by atoms with E-state index in [0.717, 1.165) is 4.31 Å². The molecule has 1 heterocycles. The molecule has 2 rings (SSSR count). The second kappa shape index (κ2) is 4.79. The second-order valence-corrected chi connectivity index (χ2v) is 5.76. The fourth-order valence-electron chi connectivity index (χ4n) is 1.70. The number of rotatable bonds is 2. The normalized spacial score (nSPS) is 16.8. The molecule has 1 aliphatic heterocycles. The minimum absolute atomic E-state index is 0.0269. The van der Waals surface area contributed by atoms with Crippen molar-refractivity contribution in [3.63, 3.8) is 0 Å². The highest BCUT2D eigenvalue weighted by molar-refractivity contribution is 7.89. The third kappa shape index (κ3) is 2.47. The summed E-state index contributed by atoms with van der Waals surface area (Å²) in [5.41, 5.74) is -0.0269. The van der Waals surface area contributed by atoms with Crippen LogP contribution in [-0.4, -0.2) is 37.6 Å². The summed E-state index contributed by atoms with van der Waals surface area (Å²) in [5, 5.41) is 10.9. The number of nitrogens with zero attached hydrogens (tertiary/aromatic N) is 2. The predicted molar refractivity (Wildman–Crippen MR) is 63.1 cm³/mol. The predicted octanol–water partition coefficient (Wildman–Crippen LogP) is -0.795. The summed E-state index contributed by atoms with van der Waals surface area (Å²) >= 11 is 0. The van der Waals surface area contributed by atoms with E-state index in [1.54, 1.807) is 6.07 Å². The van der Waals surface area contributed by atoms with Crippen LogP contribution in [-0.2, 0) is 19.6 Å². The molecule has 0 aliphatic carbocycles. The van der Waals surface area contributed by atoms with Gasteiger partial charge in [-0.05, 0) is 12.1 Å². The Balaban J connectivity index is 2.46. The topological polar surface area (TPSA) is 107 Å². The van der Waals surface area contributed by atoms with E-state index in [-0.39, 0.29) is 10.5 Å². The van der Waals surface area contributed by atoms with Gasteiger partial charge in [-0.3, -0.25) is 14.9 Å². The third-order valence-electron chi connectivity index (χ3n) is 2.54. The number of nitrogens with one attached hydrogen (secondary N) is 1. The number of carbonyl (C=O) groups is 2. The molecule has 2 amide bonds. The highest BCUT2D eigenvalue weighted by atomic mass is 32.2. The Morgan fingerprint density at radius 3 is 2.32 bits per heavy atom. The SMILES string of the molecule is N#Cc1ccccc1S(=O)(=O)N1CC(=O)NC(=O)C1. The quantitative estimate of drug-likeness (QED) is 0.713. The molecule has 1 N–H and O–H groups in total. The Labute approximate surface area is 109 Å². The zero-order chi connectivity index (χ0) is 14.0. The monoisotopic (exact) mass is 279 g/mol. The lowest BCUT2D eigenvalue weighted by molar-refractivity contribution is -0.134. The molecule has 19 heavy (non-hydrogen) atoms. The van der Waals surface area contributed by atoms with Crippen LogP contribution in [0.15, 0.2) is 29.2 Å². The maximum atomic E-state index is 12.3. The number of benzene rings is 1. The number of sulfonamides is 1. The van der Waals surface area contributed by atoms with E-state index in [1.807, 2.05) is 5.32 Å². The fraction of sp³-hybridized carbons (Fsp3) is 0.182. The van der Waals surface area contributed by atoms with Crippen LogP contribution in [0.2, 0.25) is 0 Å². The Hall–Kier alpha value is -2.24. The summed E-state index contributed by atoms with van der Waals surface area (Å²) in [5.74, 6) is -1.37. The molecule has 1 aromatic carbocycles. The van der Waals surface area contributed by atoms with Crippen molar-refractivity contribution < 1.29 is 18.0 Å². The fourth-order valence-corrected chi connectivity index (χ4v) is 3.20. The first-order valence-corrected chi connectivity index (χ1v) is 6.71. The molecule has 1 aromatic rings. The van der Waals surface area contributed by atoms with Crippen molar-refractivity contribution in [2.24, 2.45) is 0 Å². The van der Waals surface area contributed by atoms with Crippen LogP contribution in [0.4, 0.5) is 0 Å². The highest BCUT2D eigenvalue weighted by Crippen LogP contribution is 2.20. The van der Waals surface area contributed by atoms with E-state index in [2.05, 4.69) is 0 Å². The molecule has 0 radical (unpaired) electrons. The van der Waals surface area contributed by atoms with Gasteiger partial charge in [0.25, 0.3) is 0 Å². The third-order valence-corrected chi connectivity index (χ3v) is 4.39. The van der Waals surface area contributed by atoms with Crippen molar-refractivity contribution in [1.29, 1.82) is 5.26 Å². The van der Waals surface area contributed by atoms with Crippen molar-refractivity contribution >= 4 is 21.8 Å². The standard InChI is InChI=1S/C11H9N3O4S/c12-5-8-3-1-2-4-9(8)19(17,18)14-6-10(15)13-11(16)7-14/h1-4H,6-7H2,(H,13,15,16). The molecule has 1 aliphatic rings. The van der Waals surface area contributed by atoms with Crippen molar-refractivity contribution in [2.75, 3.05) is 13.1 Å². The van der Waals surface area contributed by atoms with Gasteiger partial charge in [0.05, 0.1) is 23.5 Å². The van der Waals surface area contributed by atoms with Crippen LogP contribution in [0, 0.1) is 11.3 Å². The summed E-state index contributed by atoms with van der Waals surface area (Å²) in [6.45, 7) is -0.873. The van der Waals surface area contributed by atoms with Crippen LogP contribution >= 0.6 is 0 Å². The molecule has 0 aromatic heterocycles. The maximum Gasteiger partial charge on any atom is 0.245 e. The maximum absolute atomic E-state index is 12.3. The van der Waals surface area contributed by atoms with E-state index >= 15 is 0 Å². The van der Waals surface area contributed by atoms with Crippen molar-refractivity contribution in [3.05, 3.63) is 29.8 Å². The Kier molecular flexibility index (Phi) is 3.33. The Morgan fingerprint density at radius 2 is 1.74 bits per heavy atom. The Morgan fingerprint density at radius 1 is 1.16 bits per heavy atom. The minimum atomic E-state index is -4.04. The molecule has 1 fully saturated rings. The van der Waals surface area contributed by atoms with Crippen molar-refractivity contribution in [1.82, 2.24) is 9.62 Å². The molecule has 98 valence electrons. The second-order valence-electron chi connectivity index (χ2n) is 3.85. The van der Waals surface area contributed by atoms with E-state index in [1.165, 1.54) is 24.3 Å². The van der Waals surface area contributed by atoms with Gasteiger partial charge in [-0.25, -0.2) is 8.42 Å². The van der Waals surface area contributed by atoms with Crippen molar-refractivity contribution in [2.45, 2.75) is 4.90 Å². The summed E-state index contributed by atoms with van der Waals surface area (Å²) in [6.07, 6.45) is 0. The summed E-state index contributed by atoms with van der Waals surface area (Å²) in [7, 11) is -4.04. The Bertz CT molecular complexity index is 674. The zero-order valence-electron chi connectivity index (χ0n) is 9.66. The van der Waals surface area contributed by atoms with Crippen LogP contribution in [0.25, 0.3) is 0 Å². The molecule has 0 unspecified atom stereocenters. The van der Waals surface area contributed by atoms with Gasteiger partial charge >= 0.3 is 0 Å². The van der Waals surface area contributed by atoms with Gasteiger partial charge in [-0.15, -0.1) is 0 Å². The lowest BCUT2D eigenvalue weighted by Crippen LogP contribution is -2.53. The first kappa shape index (κ1) is 13.2. The molecule has 0 saturated carbocycles. The highest BCUT2D eigenvalue weighted by Gasteiger charge is 2.34. The van der Waals surface area contributed by atoms with Crippen LogP contribution in [0.1, 0.15) is 5.56 Å². The molecular weight excluding hydrogens is 270 g/mol.